The van der Waals surface area contributed by atoms with Gasteiger partial charge in [0.1, 0.15) is 0 Å². The molecule has 2 aromatic heterocycles. The van der Waals surface area contributed by atoms with E-state index in [9.17, 15) is 9.59 Å². The Bertz CT molecular complexity index is 865. The van der Waals surface area contributed by atoms with Gasteiger partial charge in [0.05, 0.1) is 23.9 Å². The van der Waals surface area contributed by atoms with Crippen molar-refractivity contribution < 1.29 is 14.3 Å². The standard InChI is InChI=1S/C17H12BrNO3/c1-22-17(21)13-10-15(19-9-3-2-4-14(13)19)16(20)11-5-7-12(18)8-6-11/h2-10H,1H3. The van der Waals surface area contributed by atoms with E-state index in [0.717, 1.165) is 4.47 Å². The first-order chi connectivity index (χ1) is 10.6. The van der Waals surface area contributed by atoms with Crippen molar-refractivity contribution >= 4 is 33.2 Å². The zero-order valence-corrected chi connectivity index (χ0v) is 13.3. The highest BCUT2D eigenvalue weighted by atomic mass is 79.9. The quantitative estimate of drug-likeness (QED) is 0.530. The van der Waals surface area contributed by atoms with Crippen LogP contribution in [-0.4, -0.2) is 23.3 Å². The molecule has 0 aliphatic carbocycles. The summed E-state index contributed by atoms with van der Waals surface area (Å²) in [7, 11) is 1.32. The first-order valence-corrected chi connectivity index (χ1v) is 7.40. The number of esters is 1. The number of pyridine rings is 1. The zero-order valence-electron chi connectivity index (χ0n) is 11.7. The van der Waals surface area contributed by atoms with Gasteiger partial charge in [0.25, 0.3) is 0 Å². The number of ketones is 1. The number of rotatable bonds is 3. The molecule has 0 radical (unpaired) electrons. The first-order valence-electron chi connectivity index (χ1n) is 6.60. The first kappa shape index (κ1) is 14.5. The fourth-order valence-corrected chi connectivity index (χ4v) is 2.61. The summed E-state index contributed by atoms with van der Waals surface area (Å²) in [5.41, 5.74) is 2.01. The molecule has 1 aromatic carbocycles. The van der Waals surface area contributed by atoms with Crippen LogP contribution >= 0.6 is 15.9 Å². The SMILES string of the molecule is COC(=O)c1cc(C(=O)c2ccc(Br)cc2)n2ccccc12. The van der Waals surface area contributed by atoms with E-state index in [4.69, 9.17) is 4.74 Å². The van der Waals surface area contributed by atoms with E-state index in [0.29, 0.717) is 22.3 Å². The van der Waals surface area contributed by atoms with Crippen molar-refractivity contribution in [2.45, 2.75) is 0 Å². The Labute approximate surface area is 135 Å². The Balaban J connectivity index is 2.16. The number of hydrogen-bond donors (Lipinski definition) is 0. The van der Waals surface area contributed by atoms with E-state index in [-0.39, 0.29) is 5.78 Å². The summed E-state index contributed by atoms with van der Waals surface area (Å²) >= 11 is 3.35. The number of hydrogen-bond acceptors (Lipinski definition) is 3. The number of methoxy groups -OCH3 is 1. The Hall–Kier alpha value is -2.40. The number of halogens is 1. The van der Waals surface area contributed by atoms with Gasteiger partial charge in [-0.25, -0.2) is 4.79 Å². The normalized spacial score (nSPS) is 10.6. The molecule has 0 bridgehead atoms. The van der Waals surface area contributed by atoms with Gasteiger partial charge in [-0.3, -0.25) is 4.79 Å². The van der Waals surface area contributed by atoms with E-state index in [1.165, 1.54) is 7.11 Å². The largest absolute Gasteiger partial charge is 0.465 e. The van der Waals surface area contributed by atoms with Crippen molar-refractivity contribution in [1.29, 1.82) is 0 Å². The zero-order chi connectivity index (χ0) is 15.7. The molecular weight excluding hydrogens is 346 g/mol. The lowest BCUT2D eigenvalue weighted by atomic mass is 10.1. The molecule has 0 aliphatic rings. The smallest absolute Gasteiger partial charge is 0.340 e. The average Bonchev–Trinajstić information content (AvgIpc) is 2.94. The van der Waals surface area contributed by atoms with Crippen molar-refractivity contribution in [2.24, 2.45) is 0 Å². The van der Waals surface area contributed by atoms with Crippen molar-refractivity contribution in [3.63, 3.8) is 0 Å². The second-order valence-corrected chi connectivity index (χ2v) is 5.64. The summed E-state index contributed by atoms with van der Waals surface area (Å²) in [5.74, 6) is -0.609. The predicted octanol–water partition coefficient (Wildman–Crippen LogP) is 3.72. The molecular formula is C17H12BrNO3. The van der Waals surface area contributed by atoms with Crippen molar-refractivity contribution in [3.05, 3.63) is 76.0 Å². The fourth-order valence-electron chi connectivity index (χ4n) is 2.35. The monoisotopic (exact) mass is 357 g/mol. The molecule has 0 saturated carbocycles. The summed E-state index contributed by atoms with van der Waals surface area (Å²) in [5, 5.41) is 0. The van der Waals surface area contributed by atoms with Gasteiger partial charge in [-0.05, 0) is 42.5 Å². The number of carbonyl (C=O) groups is 2. The van der Waals surface area contributed by atoms with Gasteiger partial charge in [-0.2, -0.15) is 0 Å². The van der Waals surface area contributed by atoms with E-state index in [1.54, 1.807) is 34.9 Å². The third-order valence-electron chi connectivity index (χ3n) is 3.42. The molecule has 3 rings (SSSR count). The third kappa shape index (κ3) is 2.44. The topological polar surface area (TPSA) is 47.8 Å². The number of carbonyl (C=O) groups excluding carboxylic acids is 2. The van der Waals surface area contributed by atoms with Gasteiger partial charge in [0.2, 0.25) is 5.78 Å². The second-order valence-electron chi connectivity index (χ2n) is 4.73. The highest BCUT2D eigenvalue weighted by molar-refractivity contribution is 9.10. The molecule has 2 heterocycles. The van der Waals surface area contributed by atoms with E-state index < -0.39 is 5.97 Å². The van der Waals surface area contributed by atoms with Crippen LogP contribution in [0.1, 0.15) is 26.4 Å². The van der Waals surface area contributed by atoms with Crippen molar-refractivity contribution in [2.75, 3.05) is 7.11 Å². The molecule has 0 aliphatic heterocycles. The van der Waals surface area contributed by atoms with Gasteiger partial charge >= 0.3 is 5.97 Å². The molecule has 3 aromatic rings. The fraction of sp³-hybridized carbons (Fsp3) is 0.0588. The molecule has 0 atom stereocenters. The molecule has 0 unspecified atom stereocenters. The predicted molar refractivity (Wildman–Crippen MR) is 86.3 cm³/mol. The van der Waals surface area contributed by atoms with Crippen LogP contribution < -0.4 is 0 Å². The molecule has 110 valence electrons. The van der Waals surface area contributed by atoms with Crippen molar-refractivity contribution in [1.82, 2.24) is 4.40 Å². The van der Waals surface area contributed by atoms with E-state index in [2.05, 4.69) is 15.9 Å². The molecule has 22 heavy (non-hydrogen) atoms. The summed E-state index contributed by atoms with van der Waals surface area (Å²) in [6.45, 7) is 0. The Morgan fingerprint density at radius 3 is 2.50 bits per heavy atom. The Kier molecular flexibility index (Phi) is 3.81. The average molecular weight is 358 g/mol. The lowest BCUT2D eigenvalue weighted by Gasteiger charge is -2.02. The van der Waals surface area contributed by atoms with Crippen LogP contribution in [0.5, 0.6) is 0 Å². The van der Waals surface area contributed by atoms with E-state index in [1.807, 2.05) is 24.3 Å². The molecule has 0 fully saturated rings. The number of aromatic nitrogens is 1. The van der Waals surface area contributed by atoms with Gasteiger partial charge in [-0.1, -0.05) is 22.0 Å². The minimum Gasteiger partial charge on any atom is -0.465 e. The lowest BCUT2D eigenvalue weighted by molar-refractivity contribution is 0.0603. The summed E-state index contributed by atoms with van der Waals surface area (Å²) in [4.78, 5) is 24.6. The van der Waals surface area contributed by atoms with Crippen LogP contribution in [0.25, 0.3) is 5.52 Å². The van der Waals surface area contributed by atoms with Crippen LogP contribution in [-0.2, 0) is 4.74 Å². The van der Waals surface area contributed by atoms with Crippen LogP contribution in [0.15, 0.2) is 59.2 Å². The number of nitrogens with zero attached hydrogens (tertiary/aromatic N) is 1. The highest BCUT2D eigenvalue weighted by Crippen LogP contribution is 2.21. The van der Waals surface area contributed by atoms with Crippen molar-refractivity contribution in [3.8, 4) is 0 Å². The number of ether oxygens (including phenoxy) is 1. The third-order valence-corrected chi connectivity index (χ3v) is 3.95. The number of benzene rings is 1. The minimum absolute atomic E-state index is 0.149. The van der Waals surface area contributed by atoms with Gasteiger partial charge in [0.15, 0.2) is 0 Å². The lowest BCUT2D eigenvalue weighted by Crippen LogP contribution is -2.04. The van der Waals surface area contributed by atoms with Crippen LogP contribution in [0.3, 0.4) is 0 Å². The van der Waals surface area contributed by atoms with Crippen LogP contribution in [0, 0.1) is 0 Å². The van der Waals surface area contributed by atoms with Crippen LogP contribution in [0.2, 0.25) is 0 Å². The van der Waals surface area contributed by atoms with Crippen LogP contribution in [0.4, 0.5) is 0 Å². The molecule has 0 saturated heterocycles. The number of fused-ring (bicyclic) bond motifs is 1. The van der Waals surface area contributed by atoms with Gasteiger partial charge in [0, 0.05) is 16.2 Å². The molecule has 5 heteroatoms. The maximum atomic E-state index is 12.7. The molecule has 0 N–H and O–H groups in total. The Morgan fingerprint density at radius 2 is 1.82 bits per heavy atom. The maximum absolute atomic E-state index is 12.7. The minimum atomic E-state index is -0.460. The van der Waals surface area contributed by atoms with E-state index >= 15 is 0 Å². The summed E-state index contributed by atoms with van der Waals surface area (Å²) in [6.07, 6.45) is 1.76. The maximum Gasteiger partial charge on any atom is 0.340 e. The highest BCUT2D eigenvalue weighted by Gasteiger charge is 2.20. The molecule has 4 nitrogen and oxygen atoms in total. The molecule has 0 spiro atoms. The summed E-state index contributed by atoms with van der Waals surface area (Å²) in [6, 6.07) is 14.1. The Morgan fingerprint density at radius 1 is 1.09 bits per heavy atom. The molecule has 0 amide bonds. The van der Waals surface area contributed by atoms with Gasteiger partial charge < -0.3 is 9.14 Å². The van der Waals surface area contributed by atoms with Gasteiger partial charge in [-0.15, -0.1) is 0 Å². The summed E-state index contributed by atoms with van der Waals surface area (Å²) < 4.78 is 7.40. The second kappa shape index (κ2) is 5.77.